The minimum absolute atomic E-state index is 0.482. The van der Waals surface area contributed by atoms with Gasteiger partial charge in [0.15, 0.2) is 0 Å². The Morgan fingerprint density at radius 2 is 2.00 bits per heavy atom. The van der Waals surface area contributed by atoms with E-state index in [0.717, 1.165) is 18.4 Å². The highest BCUT2D eigenvalue weighted by atomic mass is 16.5. The summed E-state index contributed by atoms with van der Waals surface area (Å²) in [5.74, 6) is 1.95. The Morgan fingerprint density at radius 3 is 2.71 bits per heavy atom. The monoisotopic (exact) mass is 239 g/mol. The van der Waals surface area contributed by atoms with Crippen LogP contribution in [0.4, 0.5) is 0 Å². The van der Waals surface area contributed by atoms with Gasteiger partial charge < -0.3 is 10.1 Å². The minimum Gasteiger partial charge on any atom is -0.374 e. The molecule has 4 atom stereocenters. The van der Waals surface area contributed by atoms with Crippen molar-refractivity contribution in [3.63, 3.8) is 0 Å². The average molecular weight is 239 g/mol. The van der Waals surface area contributed by atoms with Crippen molar-refractivity contribution in [2.45, 2.75) is 71.0 Å². The van der Waals surface area contributed by atoms with E-state index in [1.165, 1.54) is 51.5 Å². The summed E-state index contributed by atoms with van der Waals surface area (Å²) >= 11 is 0. The maximum absolute atomic E-state index is 5.81. The molecule has 2 heteroatoms. The Hall–Kier alpha value is -0.0800. The molecule has 0 amide bonds. The van der Waals surface area contributed by atoms with E-state index < -0.39 is 0 Å². The first-order valence-corrected chi connectivity index (χ1v) is 7.60. The second-order valence-corrected chi connectivity index (χ2v) is 6.28. The molecule has 0 aromatic heterocycles. The summed E-state index contributed by atoms with van der Waals surface area (Å²) in [5.41, 5.74) is 0. The molecule has 17 heavy (non-hydrogen) atoms. The molecule has 1 aliphatic heterocycles. The van der Waals surface area contributed by atoms with Crippen LogP contribution in [-0.2, 0) is 4.74 Å². The van der Waals surface area contributed by atoms with Gasteiger partial charge in [0.2, 0.25) is 0 Å². The second-order valence-electron chi connectivity index (χ2n) is 6.28. The first-order chi connectivity index (χ1) is 8.24. The Labute approximate surface area is 107 Å². The van der Waals surface area contributed by atoms with Gasteiger partial charge >= 0.3 is 0 Å². The molecule has 0 aromatic rings. The van der Waals surface area contributed by atoms with E-state index in [1.807, 2.05) is 0 Å². The van der Waals surface area contributed by atoms with Crippen molar-refractivity contribution in [3.05, 3.63) is 0 Å². The maximum atomic E-state index is 5.81. The smallest absolute Gasteiger partial charge is 0.0704 e. The summed E-state index contributed by atoms with van der Waals surface area (Å²) in [7, 11) is 0. The first-order valence-electron chi connectivity index (χ1n) is 7.60. The van der Waals surface area contributed by atoms with E-state index in [1.54, 1.807) is 0 Å². The lowest BCUT2D eigenvalue weighted by Crippen LogP contribution is -2.29. The summed E-state index contributed by atoms with van der Waals surface area (Å²) in [6, 6.07) is 0. The molecule has 0 spiro atoms. The van der Waals surface area contributed by atoms with Crippen molar-refractivity contribution < 1.29 is 4.74 Å². The molecule has 1 saturated heterocycles. The molecule has 1 heterocycles. The molecule has 2 aliphatic rings. The van der Waals surface area contributed by atoms with Crippen LogP contribution in [0.25, 0.3) is 0 Å². The third-order valence-corrected chi connectivity index (χ3v) is 4.47. The predicted octanol–water partition coefficient (Wildman–Crippen LogP) is 3.36. The third kappa shape index (κ3) is 4.59. The summed E-state index contributed by atoms with van der Waals surface area (Å²) in [6.45, 7) is 6.84. The van der Waals surface area contributed by atoms with Gasteiger partial charge in [-0.15, -0.1) is 0 Å². The van der Waals surface area contributed by atoms with Crippen LogP contribution in [0.5, 0.6) is 0 Å². The highest BCUT2D eigenvalue weighted by Gasteiger charge is 2.21. The van der Waals surface area contributed by atoms with Gasteiger partial charge in [-0.3, -0.25) is 0 Å². The van der Waals surface area contributed by atoms with E-state index in [2.05, 4.69) is 19.2 Å². The molecule has 0 bridgehead atoms. The molecule has 4 unspecified atom stereocenters. The van der Waals surface area contributed by atoms with Crippen molar-refractivity contribution in [2.24, 2.45) is 11.8 Å². The van der Waals surface area contributed by atoms with Gasteiger partial charge in [0.1, 0.15) is 0 Å². The fourth-order valence-electron chi connectivity index (χ4n) is 3.43. The zero-order valence-electron chi connectivity index (χ0n) is 11.6. The lowest BCUT2D eigenvalue weighted by atomic mass is 9.81. The largest absolute Gasteiger partial charge is 0.374 e. The number of hydrogen-bond donors (Lipinski definition) is 1. The van der Waals surface area contributed by atoms with E-state index in [4.69, 9.17) is 4.74 Å². The number of nitrogens with one attached hydrogen (secondary N) is 1. The summed E-state index contributed by atoms with van der Waals surface area (Å²) in [6.07, 6.45) is 10.7. The molecule has 2 fully saturated rings. The molecular weight excluding hydrogens is 210 g/mol. The Balaban J connectivity index is 1.51. The van der Waals surface area contributed by atoms with Gasteiger partial charge in [0.25, 0.3) is 0 Å². The highest BCUT2D eigenvalue weighted by Crippen LogP contribution is 2.30. The second kappa shape index (κ2) is 6.75. The zero-order chi connectivity index (χ0) is 12.1. The Morgan fingerprint density at radius 1 is 1.12 bits per heavy atom. The molecular formula is C15H29NO. The number of ether oxygens (including phenoxy) is 1. The standard InChI is InChI=1S/C15H29NO/c1-12-4-3-5-14(10-12)8-9-16-11-15-7-6-13(2)17-15/h12-16H,3-11H2,1-2H3. The Bertz CT molecular complexity index is 219. The molecule has 0 aromatic carbocycles. The van der Waals surface area contributed by atoms with Gasteiger partial charge in [0, 0.05) is 6.54 Å². The first kappa shape index (κ1) is 13.4. The number of rotatable bonds is 5. The molecule has 2 rings (SSSR count). The quantitative estimate of drug-likeness (QED) is 0.743. The van der Waals surface area contributed by atoms with Crippen molar-refractivity contribution in [1.82, 2.24) is 5.32 Å². The lowest BCUT2D eigenvalue weighted by Gasteiger charge is -2.26. The van der Waals surface area contributed by atoms with Crippen LogP contribution in [0, 0.1) is 11.8 Å². The molecule has 2 nitrogen and oxygen atoms in total. The average Bonchev–Trinajstić information content (AvgIpc) is 2.71. The summed E-state index contributed by atoms with van der Waals surface area (Å²) in [5, 5.41) is 3.59. The third-order valence-electron chi connectivity index (χ3n) is 4.47. The van der Waals surface area contributed by atoms with Crippen molar-refractivity contribution in [1.29, 1.82) is 0 Å². The van der Waals surface area contributed by atoms with E-state index >= 15 is 0 Å². The van der Waals surface area contributed by atoms with Crippen LogP contribution in [0.3, 0.4) is 0 Å². The zero-order valence-corrected chi connectivity index (χ0v) is 11.6. The van der Waals surface area contributed by atoms with Crippen molar-refractivity contribution in [2.75, 3.05) is 13.1 Å². The topological polar surface area (TPSA) is 21.3 Å². The normalized spacial score (nSPS) is 38.5. The fraction of sp³-hybridized carbons (Fsp3) is 1.00. The Kier molecular flexibility index (Phi) is 5.30. The van der Waals surface area contributed by atoms with E-state index in [0.29, 0.717) is 12.2 Å². The van der Waals surface area contributed by atoms with Crippen molar-refractivity contribution in [3.8, 4) is 0 Å². The summed E-state index contributed by atoms with van der Waals surface area (Å²) in [4.78, 5) is 0. The molecule has 1 N–H and O–H groups in total. The number of hydrogen-bond acceptors (Lipinski definition) is 2. The molecule has 100 valence electrons. The lowest BCUT2D eigenvalue weighted by molar-refractivity contribution is 0.0558. The SMILES string of the molecule is CC1CCCC(CCNCC2CCC(C)O2)C1. The van der Waals surface area contributed by atoms with Crippen LogP contribution in [-0.4, -0.2) is 25.3 Å². The van der Waals surface area contributed by atoms with Gasteiger partial charge in [0.05, 0.1) is 12.2 Å². The van der Waals surface area contributed by atoms with Crippen LogP contribution in [0.1, 0.15) is 58.8 Å². The van der Waals surface area contributed by atoms with Crippen LogP contribution in [0.2, 0.25) is 0 Å². The highest BCUT2D eigenvalue weighted by molar-refractivity contribution is 4.74. The van der Waals surface area contributed by atoms with Crippen LogP contribution in [0.15, 0.2) is 0 Å². The van der Waals surface area contributed by atoms with Gasteiger partial charge in [-0.25, -0.2) is 0 Å². The molecule has 1 saturated carbocycles. The van der Waals surface area contributed by atoms with Crippen LogP contribution >= 0.6 is 0 Å². The fourth-order valence-corrected chi connectivity index (χ4v) is 3.43. The summed E-state index contributed by atoms with van der Waals surface area (Å²) < 4.78 is 5.81. The minimum atomic E-state index is 0.482. The van der Waals surface area contributed by atoms with Crippen LogP contribution < -0.4 is 5.32 Å². The van der Waals surface area contributed by atoms with Crippen molar-refractivity contribution >= 4 is 0 Å². The molecule has 1 aliphatic carbocycles. The molecule has 0 radical (unpaired) electrons. The van der Waals surface area contributed by atoms with Gasteiger partial charge in [-0.2, -0.15) is 0 Å². The van der Waals surface area contributed by atoms with E-state index in [9.17, 15) is 0 Å². The van der Waals surface area contributed by atoms with E-state index in [-0.39, 0.29) is 0 Å². The van der Waals surface area contributed by atoms with Gasteiger partial charge in [-0.1, -0.05) is 26.2 Å². The predicted molar refractivity (Wildman–Crippen MR) is 72.2 cm³/mol. The maximum Gasteiger partial charge on any atom is 0.0704 e. The van der Waals surface area contributed by atoms with Gasteiger partial charge in [-0.05, 0) is 51.0 Å².